The van der Waals surface area contributed by atoms with Crippen LogP contribution in [-0.4, -0.2) is 26.1 Å². The van der Waals surface area contributed by atoms with E-state index in [2.05, 4.69) is 0 Å². The molecule has 2 nitrogen and oxygen atoms in total. The van der Waals surface area contributed by atoms with Gasteiger partial charge in [0.2, 0.25) is 0 Å². The topological polar surface area (TPSA) is 34.1 Å². The van der Waals surface area contributed by atoms with Crippen LogP contribution < -0.4 is 0 Å². The minimum absolute atomic E-state index is 0.750. The molecule has 5 heavy (non-hydrogen) atoms. The predicted molar refractivity (Wildman–Crippen MR) is 20.5 cm³/mol. The summed E-state index contributed by atoms with van der Waals surface area (Å²) in [4.78, 5) is 0. The molecule has 0 bridgehead atoms. The molecule has 0 aromatic carbocycles. The van der Waals surface area contributed by atoms with Crippen LogP contribution in [0.15, 0.2) is 0 Å². The van der Waals surface area contributed by atoms with Gasteiger partial charge < -0.3 is 0 Å². The minimum atomic E-state index is -0.750. The fourth-order valence-corrected chi connectivity index (χ4v) is 0. The van der Waals surface area contributed by atoms with Crippen molar-refractivity contribution in [2.24, 2.45) is 0 Å². The molecule has 0 fully saturated rings. The first-order valence-electron chi connectivity index (χ1n) is 1.33. The normalized spacial score (nSPS) is 3.80. The summed E-state index contributed by atoms with van der Waals surface area (Å²) >= 11 is 1.25. The van der Waals surface area contributed by atoms with Crippen LogP contribution in [0.3, 0.4) is 0 Å². The van der Waals surface area contributed by atoms with E-state index in [-0.39, 0.29) is 0 Å². The van der Waals surface area contributed by atoms with E-state index in [9.17, 15) is 0 Å². The van der Waals surface area contributed by atoms with Gasteiger partial charge in [-0.2, -0.15) is 8.42 Å². The fraction of sp³-hybridized carbons (Fsp3) is 1.00. The van der Waals surface area contributed by atoms with E-state index in [1.165, 1.54) is 0 Å². The molecule has 0 radical (unpaired) electrons. The van der Waals surface area contributed by atoms with Gasteiger partial charge in [-0.3, -0.25) is 0 Å². The quantitative estimate of drug-likeness (QED) is 0.373. The van der Waals surface area contributed by atoms with Gasteiger partial charge in [0.25, 0.3) is 0 Å². The first kappa shape index (κ1) is 9.05. The van der Waals surface area contributed by atoms with Crippen molar-refractivity contribution in [2.75, 3.05) is 0 Å². The molecular weight excluding hydrogens is 83.0 g/mol. The van der Waals surface area contributed by atoms with Crippen LogP contribution in [0.5, 0.6) is 0 Å². The van der Waals surface area contributed by atoms with E-state index in [0.717, 1.165) is 0 Å². The van der Waals surface area contributed by atoms with Crippen LogP contribution in [0.2, 0.25) is 5.60 Å². The summed E-state index contributed by atoms with van der Waals surface area (Å²) < 4.78 is 16.6. The van der Waals surface area contributed by atoms with Gasteiger partial charge in [-0.15, -0.1) is 0 Å². The summed E-state index contributed by atoms with van der Waals surface area (Å²) in [5, 5.41) is 0. The molecule has 0 aromatic heterocycles. The molecular formula is CH3LiO2S. The molecule has 0 aromatic rings. The second-order valence-electron chi connectivity index (χ2n) is 0.0680. The molecule has 0 saturated carbocycles. The zero-order valence-corrected chi connectivity index (χ0v) is 4.04. The maximum absolute atomic E-state index is 8.29. The Morgan fingerprint density at radius 3 is 1.40 bits per heavy atom. The van der Waals surface area contributed by atoms with Crippen molar-refractivity contribution in [2.45, 2.75) is 5.60 Å². The van der Waals surface area contributed by atoms with Crippen LogP contribution in [0.1, 0.15) is 0 Å². The average Bonchev–Trinajstić information content (AvgIpc) is 1.46. The maximum atomic E-state index is 8.29. The molecule has 0 rings (SSSR count). The van der Waals surface area contributed by atoms with Crippen LogP contribution in [0, 0.1) is 0 Å². The van der Waals surface area contributed by atoms with Gasteiger partial charge in [0, 0.05) is 0 Å². The van der Waals surface area contributed by atoms with Gasteiger partial charge in [-0.05, 0) is 0 Å². The Morgan fingerprint density at radius 1 is 1.40 bits per heavy atom. The SMILES string of the molecule is O=S=O.[Li][CH3]. The summed E-state index contributed by atoms with van der Waals surface area (Å²) in [5.41, 5.74) is 2.00. The second kappa shape index (κ2) is 25.7. The van der Waals surface area contributed by atoms with Crippen molar-refractivity contribution in [3.63, 3.8) is 0 Å². The summed E-state index contributed by atoms with van der Waals surface area (Å²) in [6, 6.07) is 0. The van der Waals surface area contributed by atoms with Crippen molar-refractivity contribution < 1.29 is 8.42 Å². The van der Waals surface area contributed by atoms with E-state index >= 15 is 0 Å². The molecule has 4 heteroatoms. The molecule has 0 N–H and O–H groups in total. The van der Waals surface area contributed by atoms with Crippen molar-refractivity contribution in [1.82, 2.24) is 0 Å². The van der Waals surface area contributed by atoms with Crippen LogP contribution >= 0.6 is 0 Å². The first-order valence-corrected chi connectivity index (χ1v) is 2.00. The van der Waals surface area contributed by atoms with Gasteiger partial charge in [-0.25, -0.2) is 0 Å². The Kier molecular flexibility index (Phi) is 46.5. The molecule has 0 aliphatic heterocycles. The van der Waals surface area contributed by atoms with E-state index in [4.69, 9.17) is 8.42 Å². The monoisotopic (exact) mass is 86.0 g/mol. The molecule has 0 amide bonds. The molecule has 0 aliphatic rings. The molecule has 0 heterocycles. The van der Waals surface area contributed by atoms with Crippen LogP contribution in [0.4, 0.5) is 0 Å². The van der Waals surface area contributed by atoms with Crippen molar-refractivity contribution in [3.8, 4) is 0 Å². The third-order valence-corrected chi connectivity index (χ3v) is 0. The molecule has 0 atom stereocenters. The summed E-state index contributed by atoms with van der Waals surface area (Å²) in [6.07, 6.45) is 0. The average molecular weight is 86.0 g/mol. The van der Waals surface area contributed by atoms with Crippen molar-refractivity contribution in [3.05, 3.63) is 0 Å². The second-order valence-corrected chi connectivity index (χ2v) is 0.204. The van der Waals surface area contributed by atoms with Crippen molar-refractivity contribution >= 4 is 29.3 Å². The third kappa shape index (κ3) is 148. The zero-order chi connectivity index (χ0) is 4.71. The Balaban J connectivity index is 0. The van der Waals surface area contributed by atoms with Crippen LogP contribution in [0.25, 0.3) is 0 Å². The fourth-order valence-electron chi connectivity index (χ4n) is 0. The standard InChI is InChI=1S/CH3.Li.O2S/c;;1-3-2/h1H3;;. The summed E-state index contributed by atoms with van der Waals surface area (Å²) in [5.74, 6) is 0. The predicted octanol–water partition coefficient (Wildman–Crippen LogP) is -0.467. The number of hydrogen-bond acceptors (Lipinski definition) is 2. The number of rotatable bonds is 0. The molecule has 0 spiro atoms. The summed E-state index contributed by atoms with van der Waals surface area (Å²) in [7, 11) is 0. The Morgan fingerprint density at radius 2 is 1.40 bits per heavy atom. The molecule has 0 unspecified atom stereocenters. The van der Waals surface area contributed by atoms with E-state index in [1.54, 1.807) is 0 Å². The molecule has 0 aliphatic carbocycles. The van der Waals surface area contributed by atoms with Gasteiger partial charge in [0.05, 0.1) is 0 Å². The van der Waals surface area contributed by atoms with Gasteiger partial charge in [0.15, 0.2) is 0 Å². The van der Waals surface area contributed by atoms with Crippen molar-refractivity contribution in [1.29, 1.82) is 0 Å². The van der Waals surface area contributed by atoms with Gasteiger partial charge >= 0.3 is 34.9 Å². The van der Waals surface area contributed by atoms with E-state index < -0.39 is 11.6 Å². The van der Waals surface area contributed by atoms with E-state index in [0.29, 0.717) is 0 Å². The number of hydrogen-bond donors (Lipinski definition) is 0. The Bertz CT molecular complexity index is 30.6. The molecule has 0 saturated heterocycles. The summed E-state index contributed by atoms with van der Waals surface area (Å²) in [6.45, 7) is 0. The first-order chi connectivity index (χ1) is 2.41. The Hall–Kier alpha value is 0.417. The third-order valence-electron chi connectivity index (χ3n) is 0. The molecule has 26 valence electrons. The Labute approximate surface area is 43.8 Å². The van der Waals surface area contributed by atoms with E-state index in [1.807, 2.05) is 23.3 Å². The zero-order valence-electron chi connectivity index (χ0n) is 3.22. The van der Waals surface area contributed by atoms with Crippen LogP contribution in [-0.2, 0) is 11.6 Å². The van der Waals surface area contributed by atoms with Gasteiger partial charge in [0.1, 0.15) is 0 Å². The van der Waals surface area contributed by atoms with Gasteiger partial charge in [-0.1, -0.05) is 0 Å².